The van der Waals surface area contributed by atoms with E-state index in [1.54, 1.807) is 0 Å². The van der Waals surface area contributed by atoms with Gasteiger partial charge in [-0.2, -0.15) is 0 Å². The van der Waals surface area contributed by atoms with Crippen LogP contribution in [0.1, 0.15) is 33.6 Å². The predicted octanol–water partition coefficient (Wildman–Crippen LogP) is 3.45. The maximum atomic E-state index is 3.97. The van der Waals surface area contributed by atoms with Crippen molar-refractivity contribution in [3.05, 3.63) is 19.6 Å². The molecule has 0 rings (SSSR count). The summed E-state index contributed by atoms with van der Waals surface area (Å²) in [5, 5.41) is 0. The minimum atomic E-state index is 0.392. The van der Waals surface area contributed by atoms with Crippen LogP contribution in [0.2, 0.25) is 0 Å². The Labute approximate surface area is 65.3 Å². The summed E-state index contributed by atoms with van der Waals surface area (Å²) in [7, 11) is 0. The van der Waals surface area contributed by atoms with Gasteiger partial charge in [-0.15, -0.1) is 6.58 Å². The summed E-state index contributed by atoms with van der Waals surface area (Å²) in [6.45, 7) is 14.4. The predicted molar refractivity (Wildman–Crippen MR) is 47.7 cm³/mol. The Hall–Kier alpha value is -0.260. The summed E-state index contributed by atoms with van der Waals surface area (Å²) in [5.74, 6) is 0.551. The minimum Gasteiger partial charge on any atom is -0.103 e. The molecule has 10 heavy (non-hydrogen) atoms. The summed E-state index contributed by atoms with van der Waals surface area (Å²) >= 11 is 0. The Balaban J connectivity index is 3.73. The Morgan fingerprint density at radius 2 is 2.00 bits per heavy atom. The van der Waals surface area contributed by atoms with Crippen LogP contribution in [0.5, 0.6) is 0 Å². The average Bonchev–Trinajstić information content (AvgIpc) is 1.59. The Morgan fingerprint density at radius 1 is 1.50 bits per heavy atom. The molecule has 0 spiro atoms. The molecule has 1 atom stereocenters. The van der Waals surface area contributed by atoms with Gasteiger partial charge >= 0.3 is 0 Å². The molecule has 0 aromatic carbocycles. The van der Waals surface area contributed by atoms with E-state index >= 15 is 0 Å². The summed E-state index contributed by atoms with van der Waals surface area (Å²) in [6.07, 6.45) is 4.26. The van der Waals surface area contributed by atoms with Gasteiger partial charge in [0.15, 0.2) is 0 Å². The molecule has 0 aliphatic rings. The summed E-state index contributed by atoms with van der Waals surface area (Å²) in [4.78, 5) is 0. The highest BCUT2D eigenvalue weighted by Gasteiger charge is 2.16. The highest BCUT2D eigenvalue weighted by atomic mass is 14.2. The molecule has 0 heteroatoms. The second-order valence-corrected chi connectivity index (χ2v) is 3.97. The molecular weight excluding hydrogens is 120 g/mol. The zero-order chi connectivity index (χ0) is 8.20. The van der Waals surface area contributed by atoms with Gasteiger partial charge in [-0.1, -0.05) is 33.8 Å². The molecule has 0 saturated heterocycles. The number of hydrogen-bond acceptors (Lipinski definition) is 0. The van der Waals surface area contributed by atoms with Crippen molar-refractivity contribution in [2.24, 2.45) is 11.3 Å². The van der Waals surface area contributed by atoms with Gasteiger partial charge in [0, 0.05) is 0 Å². The maximum Gasteiger partial charge on any atom is -0.0302 e. The molecule has 1 unspecified atom stereocenters. The number of rotatable bonds is 4. The molecule has 0 amide bonds. The molecule has 0 bridgehead atoms. The molecule has 0 aliphatic heterocycles. The van der Waals surface area contributed by atoms with Crippen LogP contribution in [0.15, 0.2) is 12.7 Å². The monoisotopic (exact) mass is 139 g/mol. The van der Waals surface area contributed by atoms with Crippen molar-refractivity contribution in [2.75, 3.05) is 0 Å². The molecule has 1 radical (unpaired) electrons. The summed E-state index contributed by atoms with van der Waals surface area (Å²) in [5.41, 5.74) is 0.392. The number of allylic oxidation sites excluding steroid dienone is 1. The minimum absolute atomic E-state index is 0.392. The first kappa shape index (κ1) is 9.74. The van der Waals surface area contributed by atoms with E-state index in [1.165, 1.54) is 6.42 Å². The van der Waals surface area contributed by atoms with Gasteiger partial charge < -0.3 is 0 Å². The molecule has 0 fully saturated rings. The fourth-order valence-electron chi connectivity index (χ4n) is 1.42. The number of hydrogen-bond donors (Lipinski definition) is 0. The maximum absolute atomic E-state index is 3.97. The van der Waals surface area contributed by atoms with E-state index in [9.17, 15) is 0 Å². The SMILES string of the molecule is [CH2]C(C)CC(C)(C)CC=C. The van der Waals surface area contributed by atoms with Crippen molar-refractivity contribution < 1.29 is 0 Å². The van der Waals surface area contributed by atoms with Gasteiger partial charge in [0.05, 0.1) is 0 Å². The third-order valence-corrected chi connectivity index (χ3v) is 1.60. The van der Waals surface area contributed by atoms with Gasteiger partial charge in [0.25, 0.3) is 0 Å². The molecule has 0 nitrogen and oxygen atoms in total. The lowest BCUT2D eigenvalue weighted by Crippen LogP contribution is -2.12. The smallest absolute Gasteiger partial charge is 0.0302 e. The molecule has 0 aliphatic carbocycles. The molecule has 0 N–H and O–H groups in total. The van der Waals surface area contributed by atoms with Gasteiger partial charge in [0.1, 0.15) is 0 Å². The zero-order valence-electron chi connectivity index (χ0n) is 7.48. The molecule has 0 saturated carbocycles. The normalized spacial score (nSPS) is 12.1. The van der Waals surface area contributed by atoms with Crippen LogP contribution < -0.4 is 0 Å². The van der Waals surface area contributed by atoms with E-state index in [0.717, 1.165) is 6.42 Å². The van der Waals surface area contributed by atoms with Crippen LogP contribution in [0, 0.1) is 18.3 Å². The second kappa shape index (κ2) is 3.80. The van der Waals surface area contributed by atoms with E-state index in [2.05, 4.69) is 34.3 Å². The van der Waals surface area contributed by atoms with Crippen LogP contribution >= 0.6 is 0 Å². The fourth-order valence-corrected chi connectivity index (χ4v) is 1.42. The first-order valence-electron chi connectivity index (χ1n) is 3.92. The van der Waals surface area contributed by atoms with E-state index in [4.69, 9.17) is 0 Å². The molecular formula is C10H19. The zero-order valence-corrected chi connectivity index (χ0v) is 7.48. The van der Waals surface area contributed by atoms with Gasteiger partial charge in [-0.05, 0) is 24.2 Å². The first-order chi connectivity index (χ1) is 4.48. The third-order valence-electron chi connectivity index (χ3n) is 1.60. The van der Waals surface area contributed by atoms with Crippen LogP contribution in [0.4, 0.5) is 0 Å². The van der Waals surface area contributed by atoms with Crippen molar-refractivity contribution in [1.82, 2.24) is 0 Å². The lowest BCUT2D eigenvalue weighted by Gasteiger charge is -2.24. The van der Waals surface area contributed by atoms with E-state index < -0.39 is 0 Å². The van der Waals surface area contributed by atoms with Crippen molar-refractivity contribution in [3.8, 4) is 0 Å². The summed E-state index contributed by atoms with van der Waals surface area (Å²) < 4.78 is 0. The average molecular weight is 139 g/mol. The van der Waals surface area contributed by atoms with Crippen LogP contribution in [0.25, 0.3) is 0 Å². The van der Waals surface area contributed by atoms with Gasteiger partial charge in [-0.3, -0.25) is 0 Å². The van der Waals surface area contributed by atoms with Crippen molar-refractivity contribution in [3.63, 3.8) is 0 Å². The fraction of sp³-hybridized carbons (Fsp3) is 0.700. The Bertz CT molecular complexity index is 98.6. The summed E-state index contributed by atoms with van der Waals surface area (Å²) in [6, 6.07) is 0. The lowest BCUT2D eigenvalue weighted by molar-refractivity contribution is 0.304. The Morgan fingerprint density at radius 3 is 2.30 bits per heavy atom. The lowest BCUT2D eigenvalue weighted by atomic mass is 9.81. The van der Waals surface area contributed by atoms with Crippen molar-refractivity contribution in [1.29, 1.82) is 0 Å². The highest BCUT2D eigenvalue weighted by Crippen LogP contribution is 2.28. The molecule has 0 aromatic heterocycles. The Kier molecular flexibility index (Phi) is 3.70. The molecule has 0 aromatic rings. The van der Waals surface area contributed by atoms with Crippen molar-refractivity contribution in [2.45, 2.75) is 33.6 Å². The molecule has 59 valence electrons. The molecule has 0 heterocycles. The van der Waals surface area contributed by atoms with Gasteiger partial charge in [0.2, 0.25) is 0 Å². The van der Waals surface area contributed by atoms with E-state index in [0.29, 0.717) is 11.3 Å². The third kappa shape index (κ3) is 4.60. The second-order valence-electron chi connectivity index (χ2n) is 3.97. The standard InChI is InChI=1S/C10H19/c1-6-7-10(4,5)8-9(2)3/h6,9H,1-2,7-8H2,3-5H3. The van der Waals surface area contributed by atoms with Gasteiger partial charge in [-0.25, -0.2) is 0 Å². The van der Waals surface area contributed by atoms with E-state index in [1.807, 2.05) is 6.08 Å². The van der Waals surface area contributed by atoms with E-state index in [-0.39, 0.29) is 0 Å². The largest absolute Gasteiger partial charge is 0.103 e. The quantitative estimate of drug-likeness (QED) is 0.523. The first-order valence-corrected chi connectivity index (χ1v) is 3.92. The topological polar surface area (TPSA) is 0 Å². The van der Waals surface area contributed by atoms with Crippen LogP contribution in [-0.4, -0.2) is 0 Å². The van der Waals surface area contributed by atoms with Crippen molar-refractivity contribution >= 4 is 0 Å². The van der Waals surface area contributed by atoms with Crippen LogP contribution in [-0.2, 0) is 0 Å². The van der Waals surface area contributed by atoms with Crippen LogP contribution in [0.3, 0.4) is 0 Å². The highest BCUT2D eigenvalue weighted by molar-refractivity contribution is 4.81.